The minimum atomic E-state index is -4.21. The second-order valence-electron chi connectivity index (χ2n) is 4.98. The van der Waals surface area contributed by atoms with Crippen LogP contribution in [0.25, 0.3) is 0 Å². The van der Waals surface area contributed by atoms with Crippen LogP contribution in [-0.4, -0.2) is 6.18 Å². The van der Waals surface area contributed by atoms with Gasteiger partial charge in [-0.15, -0.1) is 0 Å². The first-order valence-electron chi connectivity index (χ1n) is 6.95. The highest BCUT2D eigenvalue weighted by Gasteiger charge is 2.32. The molecule has 0 aliphatic heterocycles. The van der Waals surface area contributed by atoms with Crippen molar-refractivity contribution in [2.45, 2.75) is 32.0 Å². The fourth-order valence-electron chi connectivity index (χ4n) is 2.25. The predicted octanol–water partition coefficient (Wildman–Crippen LogP) is 5.35. The van der Waals surface area contributed by atoms with Gasteiger partial charge in [-0.25, -0.2) is 0 Å². The van der Waals surface area contributed by atoms with Crippen LogP contribution in [0.3, 0.4) is 0 Å². The first-order valence-corrected chi connectivity index (χ1v) is 6.95. The average molecular weight is 293 g/mol. The average Bonchev–Trinajstić information content (AvgIpc) is 2.46. The van der Waals surface area contributed by atoms with E-state index in [4.69, 9.17) is 0 Å². The zero-order valence-corrected chi connectivity index (χ0v) is 11.8. The predicted molar refractivity (Wildman–Crippen MR) is 79.3 cm³/mol. The fraction of sp³-hybridized carbons (Fsp3) is 0.294. The molecule has 0 aromatic heterocycles. The monoisotopic (exact) mass is 293 g/mol. The molecule has 0 saturated carbocycles. The summed E-state index contributed by atoms with van der Waals surface area (Å²) in [5.74, 6) is 0. The maximum atomic E-state index is 12.8. The maximum Gasteiger partial charge on any atom is 0.391 e. The van der Waals surface area contributed by atoms with Gasteiger partial charge in [-0.1, -0.05) is 49.4 Å². The lowest BCUT2D eigenvalue weighted by molar-refractivity contribution is -0.137. The van der Waals surface area contributed by atoms with E-state index in [1.807, 2.05) is 25.1 Å². The Hall–Kier alpha value is -1.97. The third kappa shape index (κ3) is 4.81. The Bertz CT molecular complexity index is 564. The minimum Gasteiger partial charge on any atom is -0.378 e. The van der Waals surface area contributed by atoms with Gasteiger partial charge in [-0.05, 0) is 29.7 Å². The maximum absolute atomic E-state index is 12.8. The molecule has 1 unspecified atom stereocenters. The number of rotatable bonds is 5. The van der Waals surface area contributed by atoms with Crippen molar-refractivity contribution in [3.8, 4) is 0 Å². The second kappa shape index (κ2) is 6.66. The normalized spacial score (nSPS) is 13.0. The van der Waals surface area contributed by atoms with E-state index in [0.29, 0.717) is 11.3 Å². The van der Waals surface area contributed by atoms with Crippen molar-refractivity contribution in [1.82, 2.24) is 0 Å². The van der Waals surface area contributed by atoms with E-state index in [2.05, 4.69) is 5.32 Å². The van der Waals surface area contributed by atoms with Gasteiger partial charge >= 0.3 is 6.18 Å². The van der Waals surface area contributed by atoms with Crippen LogP contribution in [0, 0.1) is 0 Å². The molecule has 2 aromatic carbocycles. The molecule has 0 amide bonds. The Morgan fingerprint density at radius 1 is 1.00 bits per heavy atom. The summed E-state index contributed by atoms with van der Waals surface area (Å²) in [5, 5.41) is 3.01. The van der Waals surface area contributed by atoms with Gasteiger partial charge < -0.3 is 5.32 Å². The Kier molecular flexibility index (Phi) is 4.89. The lowest BCUT2D eigenvalue weighted by atomic mass is 10.0. The highest BCUT2D eigenvalue weighted by Crippen LogP contribution is 2.32. The van der Waals surface area contributed by atoms with E-state index in [-0.39, 0.29) is 0 Å². The van der Waals surface area contributed by atoms with Crippen LogP contribution in [0.2, 0.25) is 0 Å². The molecule has 2 rings (SSSR count). The number of anilines is 1. The van der Waals surface area contributed by atoms with E-state index in [1.54, 1.807) is 36.4 Å². The van der Waals surface area contributed by atoms with Crippen molar-refractivity contribution < 1.29 is 13.2 Å². The highest BCUT2D eigenvalue weighted by atomic mass is 19.4. The van der Waals surface area contributed by atoms with Crippen LogP contribution < -0.4 is 5.32 Å². The van der Waals surface area contributed by atoms with Gasteiger partial charge in [-0.2, -0.15) is 13.2 Å². The van der Waals surface area contributed by atoms with Crippen molar-refractivity contribution in [3.63, 3.8) is 0 Å². The number of hydrogen-bond acceptors (Lipinski definition) is 1. The quantitative estimate of drug-likeness (QED) is 0.783. The molecule has 0 fully saturated rings. The third-order valence-corrected chi connectivity index (χ3v) is 3.31. The Balaban J connectivity index is 2.23. The van der Waals surface area contributed by atoms with Gasteiger partial charge in [0.25, 0.3) is 0 Å². The largest absolute Gasteiger partial charge is 0.391 e. The van der Waals surface area contributed by atoms with E-state index in [9.17, 15) is 13.2 Å². The molecular weight excluding hydrogens is 275 g/mol. The van der Waals surface area contributed by atoms with Crippen LogP contribution in [0.1, 0.15) is 30.5 Å². The number of halogens is 3. The minimum absolute atomic E-state index is 0.636. The Morgan fingerprint density at radius 2 is 1.71 bits per heavy atom. The molecule has 0 aliphatic rings. The molecular formula is C17H18F3N. The molecule has 4 heteroatoms. The molecule has 1 nitrogen and oxygen atoms in total. The number of benzene rings is 2. The van der Waals surface area contributed by atoms with Crippen LogP contribution in [0.5, 0.6) is 0 Å². The lowest BCUT2D eigenvalue weighted by Gasteiger charge is -2.22. The summed E-state index contributed by atoms with van der Waals surface area (Å²) in [6, 6.07) is 15.5. The fourth-order valence-corrected chi connectivity index (χ4v) is 2.25. The zero-order valence-electron chi connectivity index (χ0n) is 11.8. The molecule has 21 heavy (non-hydrogen) atoms. The first kappa shape index (κ1) is 15.4. The molecule has 112 valence electrons. The topological polar surface area (TPSA) is 12.0 Å². The molecule has 1 N–H and O–H groups in total. The molecule has 0 bridgehead atoms. The molecule has 0 spiro atoms. The highest BCUT2D eigenvalue weighted by molar-refractivity contribution is 5.48. The summed E-state index contributed by atoms with van der Waals surface area (Å²) in [4.78, 5) is 0. The van der Waals surface area contributed by atoms with Gasteiger partial charge in [0.2, 0.25) is 0 Å². The van der Waals surface area contributed by atoms with Gasteiger partial charge in [0, 0.05) is 5.69 Å². The number of hydrogen-bond donors (Lipinski definition) is 1. The number of nitrogens with one attached hydrogen (secondary N) is 1. The van der Waals surface area contributed by atoms with Gasteiger partial charge in [0.1, 0.15) is 0 Å². The molecule has 0 saturated heterocycles. The van der Waals surface area contributed by atoms with Crippen molar-refractivity contribution >= 4 is 5.69 Å². The first-order chi connectivity index (χ1) is 9.98. The summed E-state index contributed by atoms with van der Waals surface area (Å²) in [5.41, 5.74) is 2.45. The Labute approximate surface area is 122 Å². The van der Waals surface area contributed by atoms with Gasteiger partial charge in [-0.3, -0.25) is 0 Å². The molecule has 1 atom stereocenters. The van der Waals surface area contributed by atoms with E-state index in [1.165, 1.54) is 0 Å². The Morgan fingerprint density at radius 3 is 2.33 bits per heavy atom. The lowest BCUT2D eigenvalue weighted by Crippen LogP contribution is -2.20. The standard InChI is InChI=1S/C17H18F3N/c1-2-13-7-6-10-15(11-13)21-16(12-17(18,19)20)14-8-4-3-5-9-14/h3-11,16,21H,2,12H2,1H3. The third-order valence-electron chi connectivity index (χ3n) is 3.31. The summed E-state index contributed by atoms with van der Waals surface area (Å²) < 4.78 is 38.4. The molecule has 0 radical (unpaired) electrons. The van der Waals surface area contributed by atoms with E-state index in [0.717, 1.165) is 12.0 Å². The summed E-state index contributed by atoms with van der Waals surface area (Å²) >= 11 is 0. The van der Waals surface area contributed by atoms with Gasteiger partial charge in [0.05, 0.1) is 12.5 Å². The van der Waals surface area contributed by atoms with E-state index >= 15 is 0 Å². The summed E-state index contributed by atoms with van der Waals surface area (Å²) in [6.45, 7) is 2.02. The molecule has 0 aliphatic carbocycles. The van der Waals surface area contributed by atoms with Crippen LogP contribution in [0.15, 0.2) is 54.6 Å². The smallest absolute Gasteiger partial charge is 0.378 e. The summed E-state index contributed by atoms with van der Waals surface area (Å²) in [7, 11) is 0. The van der Waals surface area contributed by atoms with E-state index < -0.39 is 18.6 Å². The van der Waals surface area contributed by atoms with Crippen LogP contribution in [-0.2, 0) is 6.42 Å². The number of alkyl halides is 3. The van der Waals surface area contributed by atoms with Gasteiger partial charge in [0.15, 0.2) is 0 Å². The van der Waals surface area contributed by atoms with Crippen LogP contribution >= 0.6 is 0 Å². The SMILES string of the molecule is CCc1cccc(NC(CC(F)(F)F)c2ccccc2)c1. The summed E-state index contributed by atoms with van der Waals surface area (Å²) in [6.07, 6.45) is -4.26. The number of aryl methyl sites for hydroxylation is 1. The second-order valence-corrected chi connectivity index (χ2v) is 4.98. The zero-order chi connectivity index (χ0) is 15.3. The van der Waals surface area contributed by atoms with Crippen molar-refractivity contribution in [3.05, 3.63) is 65.7 Å². The van der Waals surface area contributed by atoms with Crippen LogP contribution in [0.4, 0.5) is 18.9 Å². The van der Waals surface area contributed by atoms with Crippen molar-refractivity contribution in [2.24, 2.45) is 0 Å². The molecule has 2 aromatic rings. The molecule has 0 heterocycles. The van der Waals surface area contributed by atoms with Crippen molar-refractivity contribution in [1.29, 1.82) is 0 Å². The van der Waals surface area contributed by atoms with Crippen molar-refractivity contribution in [2.75, 3.05) is 5.32 Å².